The lowest BCUT2D eigenvalue weighted by molar-refractivity contribution is 1.01. The zero-order chi connectivity index (χ0) is 9.42. The molecule has 0 aliphatic carbocycles. The van der Waals surface area contributed by atoms with E-state index in [0.717, 1.165) is 16.5 Å². The van der Waals surface area contributed by atoms with Gasteiger partial charge in [-0.2, -0.15) is 5.10 Å². The van der Waals surface area contributed by atoms with Crippen molar-refractivity contribution in [2.24, 2.45) is 0 Å². The van der Waals surface area contributed by atoms with Crippen LogP contribution in [0.5, 0.6) is 0 Å². The number of hydrogen-bond donors (Lipinski definition) is 1. The molecule has 3 nitrogen and oxygen atoms in total. The van der Waals surface area contributed by atoms with Crippen LogP contribution in [0, 0.1) is 13.8 Å². The molecular formula is C10H10N2O. The van der Waals surface area contributed by atoms with Crippen molar-refractivity contribution >= 4 is 10.8 Å². The molecule has 3 heteroatoms. The molecule has 1 aromatic heterocycles. The molecular weight excluding hydrogens is 164 g/mol. The average Bonchev–Trinajstić information content (AvgIpc) is 2.07. The molecule has 0 unspecified atom stereocenters. The van der Waals surface area contributed by atoms with Crippen molar-refractivity contribution in [1.82, 2.24) is 10.2 Å². The second-order valence-electron chi connectivity index (χ2n) is 3.24. The van der Waals surface area contributed by atoms with Crippen molar-refractivity contribution in [3.63, 3.8) is 0 Å². The Kier molecular flexibility index (Phi) is 1.65. The van der Waals surface area contributed by atoms with Gasteiger partial charge in [-0.15, -0.1) is 0 Å². The highest BCUT2D eigenvalue weighted by Crippen LogP contribution is 2.15. The van der Waals surface area contributed by atoms with Crippen molar-refractivity contribution in [1.29, 1.82) is 0 Å². The van der Waals surface area contributed by atoms with Gasteiger partial charge >= 0.3 is 0 Å². The summed E-state index contributed by atoms with van der Waals surface area (Å²) in [5.74, 6) is 0. The van der Waals surface area contributed by atoms with Gasteiger partial charge in [-0.1, -0.05) is 11.6 Å². The third kappa shape index (κ3) is 1.22. The normalized spacial score (nSPS) is 10.6. The van der Waals surface area contributed by atoms with Crippen molar-refractivity contribution in [3.8, 4) is 0 Å². The van der Waals surface area contributed by atoms with Crippen molar-refractivity contribution in [3.05, 3.63) is 39.8 Å². The van der Waals surface area contributed by atoms with Gasteiger partial charge < -0.3 is 0 Å². The molecule has 0 aliphatic heterocycles. The maximum absolute atomic E-state index is 11.4. The number of aryl methyl sites for hydroxylation is 2. The van der Waals surface area contributed by atoms with Gasteiger partial charge in [0.1, 0.15) is 0 Å². The molecule has 0 amide bonds. The topological polar surface area (TPSA) is 45.8 Å². The Morgan fingerprint density at radius 2 is 2.00 bits per heavy atom. The van der Waals surface area contributed by atoms with Crippen LogP contribution in [0.1, 0.15) is 11.1 Å². The third-order valence-electron chi connectivity index (χ3n) is 2.14. The van der Waals surface area contributed by atoms with Crippen LogP contribution in [0.3, 0.4) is 0 Å². The number of rotatable bonds is 0. The molecule has 2 rings (SSSR count). The fraction of sp³-hybridized carbons (Fsp3) is 0.200. The molecule has 0 saturated carbocycles. The Balaban J connectivity index is 3.03. The number of benzene rings is 1. The van der Waals surface area contributed by atoms with E-state index in [1.54, 1.807) is 6.20 Å². The van der Waals surface area contributed by atoms with E-state index >= 15 is 0 Å². The van der Waals surface area contributed by atoms with Crippen LogP contribution < -0.4 is 5.56 Å². The Hall–Kier alpha value is -1.64. The number of fused-ring (bicyclic) bond motifs is 1. The lowest BCUT2D eigenvalue weighted by atomic mass is 10.1. The monoisotopic (exact) mass is 174 g/mol. The summed E-state index contributed by atoms with van der Waals surface area (Å²) in [6.07, 6.45) is 1.69. The Bertz CT molecular complexity index is 514. The predicted octanol–water partition coefficient (Wildman–Crippen LogP) is 1.54. The first-order chi connectivity index (χ1) is 6.18. The van der Waals surface area contributed by atoms with Gasteiger partial charge in [0.2, 0.25) is 0 Å². The van der Waals surface area contributed by atoms with Crippen LogP contribution in [0.4, 0.5) is 0 Å². The van der Waals surface area contributed by atoms with Crippen LogP contribution >= 0.6 is 0 Å². The smallest absolute Gasteiger partial charge is 0.267 e. The minimum Gasteiger partial charge on any atom is -0.267 e. The molecule has 0 spiro atoms. The quantitative estimate of drug-likeness (QED) is 0.658. The molecule has 0 radical (unpaired) electrons. The lowest BCUT2D eigenvalue weighted by Gasteiger charge is -2.01. The Morgan fingerprint density at radius 3 is 2.77 bits per heavy atom. The van der Waals surface area contributed by atoms with E-state index in [1.807, 2.05) is 26.0 Å². The Labute approximate surface area is 75.4 Å². The molecule has 1 aromatic carbocycles. The number of aromatic nitrogens is 2. The summed E-state index contributed by atoms with van der Waals surface area (Å²) in [5.41, 5.74) is 2.07. The first-order valence-corrected chi connectivity index (χ1v) is 4.13. The highest BCUT2D eigenvalue weighted by atomic mass is 16.1. The first-order valence-electron chi connectivity index (χ1n) is 4.13. The molecule has 0 saturated heterocycles. The summed E-state index contributed by atoms with van der Waals surface area (Å²) in [4.78, 5) is 11.4. The minimum atomic E-state index is -0.121. The van der Waals surface area contributed by atoms with Crippen LogP contribution in [0.15, 0.2) is 23.1 Å². The summed E-state index contributed by atoms with van der Waals surface area (Å²) in [5, 5.41) is 7.83. The lowest BCUT2D eigenvalue weighted by Crippen LogP contribution is -2.08. The van der Waals surface area contributed by atoms with Crippen LogP contribution in [0.2, 0.25) is 0 Å². The van der Waals surface area contributed by atoms with Crippen molar-refractivity contribution in [2.75, 3.05) is 0 Å². The van der Waals surface area contributed by atoms with Crippen molar-refractivity contribution in [2.45, 2.75) is 13.8 Å². The van der Waals surface area contributed by atoms with E-state index in [0.29, 0.717) is 5.39 Å². The van der Waals surface area contributed by atoms with Crippen molar-refractivity contribution < 1.29 is 0 Å². The maximum atomic E-state index is 11.4. The van der Waals surface area contributed by atoms with Crippen LogP contribution in [0.25, 0.3) is 10.8 Å². The van der Waals surface area contributed by atoms with Gasteiger partial charge in [0.15, 0.2) is 0 Å². The van der Waals surface area contributed by atoms with Crippen LogP contribution in [-0.4, -0.2) is 10.2 Å². The largest absolute Gasteiger partial charge is 0.272 e. The minimum absolute atomic E-state index is 0.121. The summed E-state index contributed by atoms with van der Waals surface area (Å²) in [6, 6.07) is 3.92. The van der Waals surface area contributed by atoms with Gasteiger partial charge in [0, 0.05) is 5.39 Å². The van der Waals surface area contributed by atoms with Gasteiger partial charge in [-0.05, 0) is 25.5 Å². The number of nitrogens with one attached hydrogen (secondary N) is 1. The van der Waals surface area contributed by atoms with E-state index in [4.69, 9.17) is 0 Å². The average molecular weight is 174 g/mol. The highest BCUT2D eigenvalue weighted by molar-refractivity contribution is 5.84. The van der Waals surface area contributed by atoms with Gasteiger partial charge in [0.25, 0.3) is 5.56 Å². The summed E-state index contributed by atoms with van der Waals surface area (Å²) in [7, 11) is 0. The zero-order valence-electron chi connectivity index (χ0n) is 7.59. The molecule has 0 bridgehead atoms. The molecule has 0 atom stereocenters. The molecule has 0 aliphatic rings. The molecule has 13 heavy (non-hydrogen) atoms. The molecule has 2 aromatic rings. The van der Waals surface area contributed by atoms with E-state index < -0.39 is 0 Å². The SMILES string of the molecule is Cc1cc(C)c2cn[nH]c(=O)c2c1. The van der Waals surface area contributed by atoms with Gasteiger partial charge in [-0.3, -0.25) is 4.79 Å². The first kappa shape index (κ1) is 7.98. The molecule has 1 heterocycles. The van der Waals surface area contributed by atoms with E-state index in [2.05, 4.69) is 10.2 Å². The van der Waals surface area contributed by atoms with E-state index in [9.17, 15) is 4.79 Å². The molecule has 0 fully saturated rings. The number of hydrogen-bond acceptors (Lipinski definition) is 2. The summed E-state index contributed by atoms with van der Waals surface area (Å²) >= 11 is 0. The van der Waals surface area contributed by atoms with Crippen LogP contribution in [-0.2, 0) is 0 Å². The van der Waals surface area contributed by atoms with E-state index in [-0.39, 0.29) is 5.56 Å². The zero-order valence-corrected chi connectivity index (χ0v) is 7.59. The standard InChI is InChI=1S/C10H10N2O/c1-6-3-7(2)9-5-11-12-10(13)8(9)4-6/h3-5H,1-2H3,(H,12,13). The molecule has 66 valence electrons. The second kappa shape index (κ2) is 2.69. The predicted molar refractivity (Wildman–Crippen MR) is 51.8 cm³/mol. The molecule has 1 N–H and O–H groups in total. The van der Waals surface area contributed by atoms with Gasteiger partial charge in [0.05, 0.1) is 11.6 Å². The number of aromatic amines is 1. The van der Waals surface area contributed by atoms with E-state index in [1.165, 1.54) is 0 Å². The summed E-state index contributed by atoms with van der Waals surface area (Å²) < 4.78 is 0. The highest BCUT2D eigenvalue weighted by Gasteiger charge is 2.01. The fourth-order valence-corrected chi connectivity index (χ4v) is 1.55. The Morgan fingerprint density at radius 1 is 1.23 bits per heavy atom. The fourth-order valence-electron chi connectivity index (χ4n) is 1.55. The number of H-pyrrole nitrogens is 1. The maximum Gasteiger partial charge on any atom is 0.272 e. The second-order valence-corrected chi connectivity index (χ2v) is 3.24. The summed E-state index contributed by atoms with van der Waals surface area (Å²) in [6.45, 7) is 3.96. The van der Waals surface area contributed by atoms with Gasteiger partial charge in [-0.25, -0.2) is 5.10 Å². The number of nitrogens with zero attached hydrogens (tertiary/aromatic N) is 1. The third-order valence-corrected chi connectivity index (χ3v) is 2.14.